The number of nitrogens with zero attached hydrogens (tertiary/aromatic N) is 2. The fraction of sp³-hybridized carbons (Fsp3) is 0.708. The Labute approximate surface area is 183 Å². The maximum atomic E-state index is 12.7. The number of amides is 1. The van der Waals surface area contributed by atoms with Gasteiger partial charge >= 0.3 is 0 Å². The molecule has 6 nitrogen and oxygen atoms in total. The van der Waals surface area contributed by atoms with Gasteiger partial charge in [-0.3, -0.25) is 4.79 Å². The van der Waals surface area contributed by atoms with E-state index >= 15 is 0 Å². The summed E-state index contributed by atoms with van der Waals surface area (Å²) in [7, 11) is 0. The Morgan fingerprint density at radius 3 is 2.47 bits per heavy atom. The van der Waals surface area contributed by atoms with Gasteiger partial charge < -0.3 is 25.6 Å². The highest BCUT2D eigenvalue weighted by Gasteiger charge is 2.23. The lowest BCUT2D eigenvalue weighted by molar-refractivity contribution is -0.117. The highest BCUT2D eigenvalue weighted by Crippen LogP contribution is 2.29. The van der Waals surface area contributed by atoms with Gasteiger partial charge in [0.15, 0.2) is 0 Å². The SMILES string of the molecule is C=C(N)/C=C\C(C(=O)NCCCN(CC)CCCN(CC)CC1CC1)=C1\CCOC1. The molecule has 30 heavy (non-hydrogen) atoms. The van der Waals surface area contributed by atoms with Crippen molar-refractivity contribution in [1.82, 2.24) is 15.1 Å². The molecule has 170 valence electrons. The summed E-state index contributed by atoms with van der Waals surface area (Å²) in [5, 5.41) is 3.07. The van der Waals surface area contributed by atoms with E-state index in [0.717, 1.165) is 50.5 Å². The Kier molecular flexibility index (Phi) is 11.2. The molecule has 0 aromatic carbocycles. The fourth-order valence-electron chi connectivity index (χ4n) is 3.81. The zero-order chi connectivity index (χ0) is 21.8. The molecule has 1 amide bonds. The van der Waals surface area contributed by atoms with Gasteiger partial charge in [-0.05, 0) is 88.5 Å². The number of ether oxygens (including phenoxy) is 1. The maximum Gasteiger partial charge on any atom is 0.251 e. The average molecular weight is 419 g/mol. The number of hydrogen-bond acceptors (Lipinski definition) is 5. The average Bonchev–Trinajstić information content (AvgIpc) is 3.39. The van der Waals surface area contributed by atoms with E-state index < -0.39 is 0 Å². The predicted octanol–water partition coefficient (Wildman–Crippen LogP) is 2.68. The Morgan fingerprint density at radius 1 is 1.17 bits per heavy atom. The van der Waals surface area contributed by atoms with E-state index in [2.05, 4.69) is 35.5 Å². The Morgan fingerprint density at radius 2 is 1.87 bits per heavy atom. The molecule has 0 atom stereocenters. The summed E-state index contributed by atoms with van der Waals surface area (Å²) < 4.78 is 5.42. The number of nitrogens with one attached hydrogen (secondary N) is 1. The van der Waals surface area contributed by atoms with Crippen LogP contribution in [0.25, 0.3) is 0 Å². The minimum atomic E-state index is -0.0466. The molecule has 0 radical (unpaired) electrons. The van der Waals surface area contributed by atoms with E-state index in [9.17, 15) is 4.79 Å². The lowest BCUT2D eigenvalue weighted by atomic mass is 10.1. The van der Waals surface area contributed by atoms with Gasteiger partial charge in [0.1, 0.15) is 0 Å². The van der Waals surface area contributed by atoms with Crippen molar-refractivity contribution >= 4 is 5.91 Å². The smallest absolute Gasteiger partial charge is 0.251 e. The van der Waals surface area contributed by atoms with Crippen LogP contribution < -0.4 is 11.1 Å². The first kappa shape index (κ1) is 24.6. The number of allylic oxidation sites excluding steroid dienone is 1. The summed E-state index contributed by atoms with van der Waals surface area (Å²) in [6, 6.07) is 0. The number of carbonyl (C=O) groups excluding carboxylic acids is 1. The van der Waals surface area contributed by atoms with Gasteiger partial charge in [-0.1, -0.05) is 20.4 Å². The Hall–Kier alpha value is -1.63. The molecule has 0 aromatic heterocycles. The van der Waals surface area contributed by atoms with Crippen molar-refractivity contribution < 1.29 is 9.53 Å². The van der Waals surface area contributed by atoms with Crippen LogP contribution in [0.5, 0.6) is 0 Å². The molecule has 0 unspecified atom stereocenters. The van der Waals surface area contributed by atoms with Crippen LogP contribution in [0.15, 0.2) is 35.6 Å². The quantitative estimate of drug-likeness (QED) is 0.243. The van der Waals surface area contributed by atoms with Crippen molar-refractivity contribution in [2.24, 2.45) is 11.7 Å². The summed E-state index contributed by atoms with van der Waals surface area (Å²) in [6.45, 7) is 16.8. The summed E-state index contributed by atoms with van der Waals surface area (Å²) in [6.07, 6.45) is 9.25. The Bertz CT molecular complexity index is 602. The topological polar surface area (TPSA) is 70.8 Å². The van der Waals surface area contributed by atoms with Crippen LogP contribution >= 0.6 is 0 Å². The summed E-state index contributed by atoms with van der Waals surface area (Å²) >= 11 is 0. The van der Waals surface area contributed by atoms with Gasteiger partial charge in [0.05, 0.1) is 13.2 Å². The van der Waals surface area contributed by atoms with Crippen LogP contribution in [0, 0.1) is 5.92 Å². The molecule has 1 heterocycles. The van der Waals surface area contributed by atoms with Crippen molar-refractivity contribution in [2.75, 3.05) is 59.0 Å². The number of hydrogen-bond donors (Lipinski definition) is 2. The third-order valence-corrected chi connectivity index (χ3v) is 5.91. The van der Waals surface area contributed by atoms with Crippen molar-refractivity contribution in [1.29, 1.82) is 0 Å². The van der Waals surface area contributed by atoms with E-state index in [0.29, 0.717) is 31.0 Å². The summed E-state index contributed by atoms with van der Waals surface area (Å²) in [4.78, 5) is 17.7. The molecule has 0 bridgehead atoms. The molecule has 0 aromatic rings. The third kappa shape index (κ3) is 9.45. The van der Waals surface area contributed by atoms with Crippen LogP contribution in [0.2, 0.25) is 0 Å². The standard InChI is InChI=1S/C24H42N4O2/c1-4-27(15-7-16-28(5-2)18-21-9-10-21)14-6-13-26-24(29)23(11-8-20(3)25)22-12-17-30-19-22/h8,11,21H,3-7,9-10,12-19,25H2,1-2H3,(H,26,29)/b11-8-,23-22+. The lowest BCUT2D eigenvalue weighted by Gasteiger charge is -2.24. The zero-order valence-corrected chi connectivity index (χ0v) is 19.1. The monoisotopic (exact) mass is 418 g/mol. The summed E-state index contributed by atoms with van der Waals surface area (Å²) in [5.41, 5.74) is 7.77. The van der Waals surface area contributed by atoms with Crippen LogP contribution in [-0.4, -0.2) is 74.7 Å². The molecular weight excluding hydrogens is 376 g/mol. The highest BCUT2D eigenvalue weighted by atomic mass is 16.5. The maximum absolute atomic E-state index is 12.7. The molecule has 1 saturated carbocycles. The first-order valence-electron chi connectivity index (χ1n) is 11.7. The number of rotatable bonds is 15. The molecular formula is C24H42N4O2. The van der Waals surface area contributed by atoms with Crippen LogP contribution in [0.3, 0.4) is 0 Å². The third-order valence-electron chi connectivity index (χ3n) is 5.91. The molecule has 0 spiro atoms. The van der Waals surface area contributed by atoms with Crippen LogP contribution in [0.1, 0.15) is 46.0 Å². The van der Waals surface area contributed by atoms with Gasteiger partial charge in [-0.2, -0.15) is 0 Å². The van der Waals surface area contributed by atoms with Gasteiger partial charge in [0.25, 0.3) is 5.91 Å². The van der Waals surface area contributed by atoms with E-state index in [1.807, 2.05) is 0 Å². The first-order chi connectivity index (χ1) is 14.5. The number of nitrogens with two attached hydrogens (primary N) is 1. The molecule has 1 aliphatic heterocycles. The van der Waals surface area contributed by atoms with Crippen molar-refractivity contribution in [2.45, 2.75) is 46.0 Å². The normalized spacial score (nSPS) is 18.5. The van der Waals surface area contributed by atoms with Gasteiger partial charge in [0.2, 0.25) is 0 Å². The molecule has 3 N–H and O–H groups in total. The number of carbonyl (C=O) groups is 1. The second-order valence-electron chi connectivity index (χ2n) is 8.46. The van der Waals surface area contributed by atoms with Gasteiger partial charge in [-0.25, -0.2) is 0 Å². The molecule has 2 aliphatic rings. The molecule has 2 fully saturated rings. The van der Waals surface area contributed by atoms with Crippen molar-refractivity contribution in [3.8, 4) is 0 Å². The Balaban J connectivity index is 1.68. The second-order valence-corrected chi connectivity index (χ2v) is 8.46. The highest BCUT2D eigenvalue weighted by molar-refractivity contribution is 5.97. The molecule has 6 heteroatoms. The lowest BCUT2D eigenvalue weighted by Crippen LogP contribution is -2.33. The van der Waals surface area contributed by atoms with Crippen LogP contribution in [0.4, 0.5) is 0 Å². The fourth-order valence-corrected chi connectivity index (χ4v) is 3.81. The van der Waals surface area contributed by atoms with E-state index in [1.54, 1.807) is 12.2 Å². The van der Waals surface area contributed by atoms with E-state index in [4.69, 9.17) is 10.5 Å². The van der Waals surface area contributed by atoms with Gasteiger partial charge in [0, 0.05) is 24.4 Å². The van der Waals surface area contributed by atoms with Gasteiger partial charge in [-0.15, -0.1) is 0 Å². The van der Waals surface area contributed by atoms with E-state index in [1.165, 1.54) is 32.4 Å². The minimum Gasteiger partial charge on any atom is -0.399 e. The molecule has 1 aliphatic carbocycles. The van der Waals surface area contributed by atoms with Crippen molar-refractivity contribution in [3.63, 3.8) is 0 Å². The second kappa shape index (κ2) is 13.6. The molecule has 2 rings (SSSR count). The summed E-state index contributed by atoms with van der Waals surface area (Å²) in [5.74, 6) is 0.916. The molecule has 1 saturated heterocycles. The largest absolute Gasteiger partial charge is 0.399 e. The minimum absolute atomic E-state index is 0.0466. The van der Waals surface area contributed by atoms with E-state index in [-0.39, 0.29) is 5.91 Å². The first-order valence-corrected chi connectivity index (χ1v) is 11.7. The van der Waals surface area contributed by atoms with Crippen LogP contribution in [-0.2, 0) is 9.53 Å². The zero-order valence-electron chi connectivity index (χ0n) is 19.1. The predicted molar refractivity (Wildman–Crippen MR) is 124 cm³/mol. The van der Waals surface area contributed by atoms with Crippen molar-refractivity contribution in [3.05, 3.63) is 35.6 Å².